The molecule has 0 fully saturated rings. The third kappa shape index (κ3) is 99.8. The molecule has 3 nitrogen and oxygen atoms in total. The molecule has 0 saturated carbocycles. The monoisotopic (exact) mass is 257 g/mol. The van der Waals surface area contributed by atoms with Gasteiger partial charge in [-0.05, 0) is 0 Å². The quantitative estimate of drug-likeness (QED) is 0.487. The molecule has 0 aromatic carbocycles. The first-order valence-electron chi connectivity index (χ1n) is 0. The first-order valence-corrected chi connectivity index (χ1v) is 0. The van der Waals surface area contributed by atoms with Crippen LogP contribution in [0, 0.1) is 0 Å². The predicted octanol–water partition coefficient (Wildman–Crippen LogP) is -1.84. The molecule has 0 aromatic heterocycles. The van der Waals surface area contributed by atoms with Crippen LogP contribution in [-0.4, -0.2) is 16.4 Å². The molecule has 0 aromatic rings. The van der Waals surface area contributed by atoms with Crippen LogP contribution in [0.4, 0.5) is 0 Å². The first kappa shape index (κ1) is 389. The summed E-state index contributed by atoms with van der Waals surface area (Å²) in [5, 5.41) is 0. The smallest absolute Gasteiger partial charge is 0 e. The van der Waals surface area contributed by atoms with E-state index in [0.29, 0.717) is 0 Å². The average molecular weight is 256 g/mol. The van der Waals surface area contributed by atoms with Crippen LogP contribution in [0.2, 0.25) is 0 Å². The molecule has 0 aliphatic heterocycles. The molecule has 6 N–H and O–H groups in total. The van der Waals surface area contributed by atoms with Gasteiger partial charge < -0.3 is 16.4 Å². The van der Waals surface area contributed by atoms with Gasteiger partial charge in [-0.2, -0.15) is 0 Å². The van der Waals surface area contributed by atoms with Gasteiger partial charge >= 0.3 is 0 Å². The van der Waals surface area contributed by atoms with E-state index < -0.39 is 0 Å². The van der Waals surface area contributed by atoms with Crippen LogP contribution in [0.1, 0.15) is 7.43 Å². The molecule has 0 bridgehead atoms. The van der Waals surface area contributed by atoms with Gasteiger partial charge in [-0.25, -0.2) is 0 Å². The Morgan fingerprint density at radius 3 is 0.600 bits per heavy atom. The fourth-order valence-electron chi connectivity index (χ4n) is 0. The summed E-state index contributed by atoms with van der Waals surface area (Å²) in [5.41, 5.74) is 0. The molecule has 0 unspecified atom stereocenters. The third-order valence-corrected chi connectivity index (χ3v) is 0. The minimum atomic E-state index is 0. The Kier molecular flexibility index (Phi) is 15100. The maximum absolute atomic E-state index is 0. The molecule has 0 spiro atoms. The second-order valence-corrected chi connectivity index (χ2v) is 0. The first-order chi connectivity index (χ1) is 0. The Bertz CT molecular complexity index is 6.85. The molecule has 0 aliphatic carbocycles. The molecule has 1 radical (unpaired) electrons. The molecule has 0 heterocycles. The Labute approximate surface area is 45.0 Å². The molecule has 5 heavy (non-hydrogen) atoms. The Balaban J connectivity index is 0. The van der Waals surface area contributed by atoms with Gasteiger partial charge in [0.1, 0.15) is 0 Å². The summed E-state index contributed by atoms with van der Waals surface area (Å²) in [5.74, 6) is 0. The zero-order valence-electron chi connectivity index (χ0n) is 1.88. The fourth-order valence-corrected chi connectivity index (χ4v) is 0. The van der Waals surface area contributed by atoms with E-state index >= 15 is 0 Å². The molecular weight excluding hydrogens is 246 g/mol. The maximum Gasteiger partial charge on any atom is 0 e. The van der Waals surface area contributed by atoms with Crippen LogP contribution < -0.4 is 0 Å². The molecule has 39 valence electrons. The van der Waals surface area contributed by atoms with Crippen molar-refractivity contribution in [2.75, 3.05) is 0 Å². The van der Waals surface area contributed by atoms with Crippen molar-refractivity contribution in [2.24, 2.45) is 0 Å². The topological polar surface area (TPSA) is 94.5 Å². The summed E-state index contributed by atoms with van der Waals surface area (Å²) in [6.45, 7) is 0. The van der Waals surface area contributed by atoms with E-state index in [1.807, 2.05) is 0 Å². The average Bonchev–Trinajstić information content (AvgIpc) is 0. The van der Waals surface area contributed by atoms with Crippen molar-refractivity contribution in [1.29, 1.82) is 0 Å². The Morgan fingerprint density at radius 2 is 0.600 bits per heavy atom. The number of hydrogen-bond donors (Lipinski definition) is 0. The van der Waals surface area contributed by atoms with Crippen LogP contribution in [0.15, 0.2) is 0 Å². The van der Waals surface area contributed by atoms with E-state index in [1.54, 1.807) is 0 Å². The minimum absolute atomic E-state index is 0. The van der Waals surface area contributed by atoms with Gasteiger partial charge in [0.15, 0.2) is 0 Å². The van der Waals surface area contributed by atoms with Gasteiger partial charge in [0.25, 0.3) is 0 Å². The molecule has 0 saturated heterocycles. The van der Waals surface area contributed by atoms with Crippen LogP contribution in [0.5, 0.6) is 0 Å². The van der Waals surface area contributed by atoms with Crippen LogP contribution in [0.25, 0.3) is 0 Å². The van der Waals surface area contributed by atoms with Gasteiger partial charge in [-0.1, -0.05) is 7.43 Å². The second-order valence-electron chi connectivity index (χ2n) is 0. The number of hydrogen-bond acceptors (Lipinski definition) is 0. The zero-order valence-corrected chi connectivity index (χ0v) is 4.59. The van der Waals surface area contributed by atoms with E-state index in [-0.39, 0.29) is 44.3 Å². The van der Waals surface area contributed by atoms with Crippen molar-refractivity contribution in [3.63, 3.8) is 0 Å². The number of rotatable bonds is 0. The molecular formula is CH10O3Re. The van der Waals surface area contributed by atoms with E-state index in [9.17, 15) is 0 Å². The molecule has 0 amide bonds. The van der Waals surface area contributed by atoms with Gasteiger partial charge in [-0.15, -0.1) is 0 Å². The van der Waals surface area contributed by atoms with E-state index in [1.165, 1.54) is 0 Å². The summed E-state index contributed by atoms with van der Waals surface area (Å²) < 4.78 is 0. The molecule has 0 rings (SSSR count). The van der Waals surface area contributed by atoms with Crippen molar-refractivity contribution in [2.45, 2.75) is 7.43 Å². The van der Waals surface area contributed by atoms with Gasteiger partial charge in [0.05, 0.1) is 0 Å². The second kappa shape index (κ2) is 194. The van der Waals surface area contributed by atoms with Crippen molar-refractivity contribution in [1.82, 2.24) is 0 Å². The fraction of sp³-hybridized carbons (Fsp3) is 1.00. The summed E-state index contributed by atoms with van der Waals surface area (Å²) in [7, 11) is 0. The third-order valence-electron chi connectivity index (χ3n) is 0. The van der Waals surface area contributed by atoms with Crippen molar-refractivity contribution in [3.8, 4) is 0 Å². The Morgan fingerprint density at radius 1 is 0.600 bits per heavy atom. The largest absolute Gasteiger partial charge is 0.412 e. The summed E-state index contributed by atoms with van der Waals surface area (Å²) in [6, 6.07) is 0. The zero-order chi connectivity index (χ0) is 0. The molecule has 0 atom stereocenters. The van der Waals surface area contributed by atoms with E-state index in [4.69, 9.17) is 0 Å². The van der Waals surface area contributed by atoms with Gasteiger partial charge in [0.2, 0.25) is 0 Å². The van der Waals surface area contributed by atoms with Gasteiger partial charge in [-0.3, -0.25) is 0 Å². The maximum atomic E-state index is 0. The summed E-state index contributed by atoms with van der Waals surface area (Å²) in [6.07, 6.45) is 0. The summed E-state index contributed by atoms with van der Waals surface area (Å²) in [4.78, 5) is 0. The Hall–Kier alpha value is 0.542. The van der Waals surface area contributed by atoms with Crippen LogP contribution in [0.3, 0.4) is 0 Å². The summed E-state index contributed by atoms with van der Waals surface area (Å²) >= 11 is 0. The molecule has 4 heteroatoms. The minimum Gasteiger partial charge on any atom is -0.412 e. The van der Waals surface area contributed by atoms with E-state index in [2.05, 4.69) is 0 Å². The van der Waals surface area contributed by atoms with Crippen molar-refractivity contribution < 1.29 is 36.9 Å². The van der Waals surface area contributed by atoms with Crippen LogP contribution >= 0.6 is 0 Å². The van der Waals surface area contributed by atoms with Crippen LogP contribution in [-0.2, 0) is 20.4 Å². The standard InChI is InChI=1S/CH4.3H2O.Re/h1H4;3*1H2;. The predicted molar refractivity (Wildman–Crippen MR) is 17.6 cm³/mol. The van der Waals surface area contributed by atoms with Crippen molar-refractivity contribution in [3.05, 3.63) is 0 Å². The molecule has 0 aliphatic rings. The SMILES string of the molecule is C.O.O.O.[Re]. The normalized spacial score (nSPS) is 0. The van der Waals surface area contributed by atoms with Gasteiger partial charge in [0, 0.05) is 20.4 Å². The van der Waals surface area contributed by atoms with Crippen molar-refractivity contribution >= 4 is 0 Å². The van der Waals surface area contributed by atoms with E-state index in [0.717, 1.165) is 0 Å².